The zero-order valence-electron chi connectivity index (χ0n) is 11.3. The Bertz CT molecular complexity index is 424. The number of carbonyl (C=O) groups is 1. The molecule has 0 atom stereocenters. The van der Waals surface area contributed by atoms with Crippen molar-refractivity contribution in [1.82, 2.24) is 0 Å². The van der Waals surface area contributed by atoms with Crippen LogP contribution in [0.1, 0.15) is 37.3 Å². The quantitative estimate of drug-likeness (QED) is 0.845. The summed E-state index contributed by atoms with van der Waals surface area (Å²) in [5, 5.41) is 8.75. The van der Waals surface area contributed by atoms with Gasteiger partial charge in [-0.05, 0) is 24.0 Å². The molecule has 0 spiro atoms. The van der Waals surface area contributed by atoms with Crippen molar-refractivity contribution in [2.45, 2.75) is 32.6 Å². The Morgan fingerprint density at radius 1 is 1.28 bits per heavy atom. The van der Waals surface area contributed by atoms with E-state index in [0.717, 1.165) is 22.6 Å². The number of aliphatic carboxylic acids is 1. The Morgan fingerprint density at radius 2 is 1.94 bits per heavy atom. The Hall–Kier alpha value is -1.71. The molecule has 0 aromatic heterocycles. The van der Waals surface area contributed by atoms with Crippen molar-refractivity contribution in [3.05, 3.63) is 23.3 Å². The summed E-state index contributed by atoms with van der Waals surface area (Å²) < 4.78 is 10.8. The van der Waals surface area contributed by atoms with Crippen molar-refractivity contribution in [3.8, 4) is 11.5 Å². The van der Waals surface area contributed by atoms with Gasteiger partial charge in [0.15, 0.2) is 0 Å². The molecule has 1 aromatic rings. The van der Waals surface area contributed by atoms with Crippen molar-refractivity contribution < 1.29 is 19.4 Å². The van der Waals surface area contributed by atoms with E-state index in [4.69, 9.17) is 14.6 Å². The summed E-state index contributed by atoms with van der Waals surface area (Å²) in [6, 6.07) is 3.74. The average molecular weight is 252 g/mol. The Morgan fingerprint density at radius 3 is 2.39 bits per heavy atom. The molecular formula is C14H20O4. The Labute approximate surface area is 108 Å². The van der Waals surface area contributed by atoms with Gasteiger partial charge in [-0.1, -0.05) is 19.9 Å². The van der Waals surface area contributed by atoms with Crippen LogP contribution in [0.3, 0.4) is 0 Å². The summed E-state index contributed by atoms with van der Waals surface area (Å²) in [4.78, 5) is 10.6. The van der Waals surface area contributed by atoms with Crippen molar-refractivity contribution >= 4 is 5.97 Å². The van der Waals surface area contributed by atoms with Crippen LogP contribution in [-0.2, 0) is 11.2 Å². The number of carboxylic acids is 1. The topological polar surface area (TPSA) is 55.8 Å². The minimum absolute atomic E-state index is 0.0974. The SMILES string of the molecule is COc1ccc(CCC(=O)O)c(OC)c1C(C)C. The van der Waals surface area contributed by atoms with Crippen molar-refractivity contribution in [2.24, 2.45) is 0 Å². The summed E-state index contributed by atoms with van der Waals surface area (Å²) in [6.07, 6.45) is 0.558. The molecule has 18 heavy (non-hydrogen) atoms. The highest BCUT2D eigenvalue weighted by Crippen LogP contribution is 2.38. The molecule has 0 radical (unpaired) electrons. The van der Waals surface area contributed by atoms with Gasteiger partial charge in [0.25, 0.3) is 0 Å². The van der Waals surface area contributed by atoms with Crippen LogP contribution in [0.5, 0.6) is 11.5 Å². The molecule has 0 bridgehead atoms. The largest absolute Gasteiger partial charge is 0.496 e. The highest BCUT2D eigenvalue weighted by molar-refractivity contribution is 5.67. The molecular weight excluding hydrogens is 232 g/mol. The lowest BCUT2D eigenvalue weighted by Crippen LogP contribution is -2.04. The van der Waals surface area contributed by atoms with E-state index in [2.05, 4.69) is 13.8 Å². The van der Waals surface area contributed by atoms with Crippen LogP contribution in [0.2, 0.25) is 0 Å². The van der Waals surface area contributed by atoms with E-state index in [0.29, 0.717) is 6.42 Å². The van der Waals surface area contributed by atoms with E-state index in [-0.39, 0.29) is 12.3 Å². The fraction of sp³-hybridized carbons (Fsp3) is 0.500. The second-order valence-corrected chi connectivity index (χ2v) is 4.42. The number of hydrogen-bond donors (Lipinski definition) is 1. The zero-order valence-corrected chi connectivity index (χ0v) is 11.3. The molecule has 1 aromatic carbocycles. The summed E-state index contributed by atoms with van der Waals surface area (Å²) in [6.45, 7) is 4.11. The molecule has 0 heterocycles. The average Bonchev–Trinajstić information content (AvgIpc) is 2.34. The molecule has 0 unspecified atom stereocenters. The summed E-state index contributed by atoms with van der Waals surface area (Å²) in [5.74, 6) is 0.963. The maximum atomic E-state index is 10.6. The van der Waals surface area contributed by atoms with Gasteiger partial charge < -0.3 is 14.6 Å². The standard InChI is InChI=1S/C14H20O4/c1-9(2)13-11(17-3)7-5-10(14(13)18-4)6-8-12(15)16/h5,7,9H,6,8H2,1-4H3,(H,15,16). The molecule has 1 N–H and O–H groups in total. The summed E-state index contributed by atoms with van der Waals surface area (Å²) in [7, 11) is 3.22. The summed E-state index contributed by atoms with van der Waals surface area (Å²) in [5.41, 5.74) is 1.90. The van der Waals surface area contributed by atoms with E-state index in [1.807, 2.05) is 12.1 Å². The first-order valence-electron chi connectivity index (χ1n) is 5.96. The van der Waals surface area contributed by atoms with Crippen LogP contribution in [0, 0.1) is 0 Å². The van der Waals surface area contributed by atoms with E-state index in [1.54, 1.807) is 14.2 Å². The second-order valence-electron chi connectivity index (χ2n) is 4.42. The van der Waals surface area contributed by atoms with Crippen molar-refractivity contribution in [2.75, 3.05) is 14.2 Å². The van der Waals surface area contributed by atoms with Gasteiger partial charge in [-0.3, -0.25) is 4.79 Å². The number of benzene rings is 1. The highest BCUT2D eigenvalue weighted by atomic mass is 16.5. The normalized spacial score (nSPS) is 10.5. The number of ether oxygens (including phenoxy) is 2. The highest BCUT2D eigenvalue weighted by Gasteiger charge is 2.18. The van der Waals surface area contributed by atoms with E-state index in [1.165, 1.54) is 0 Å². The third-order valence-corrected chi connectivity index (χ3v) is 2.85. The molecule has 0 aliphatic carbocycles. The van der Waals surface area contributed by atoms with E-state index in [9.17, 15) is 4.79 Å². The Kier molecular flexibility index (Phi) is 5.01. The van der Waals surface area contributed by atoms with Gasteiger partial charge in [-0.2, -0.15) is 0 Å². The minimum atomic E-state index is -0.807. The van der Waals surface area contributed by atoms with Crippen LogP contribution in [-0.4, -0.2) is 25.3 Å². The van der Waals surface area contributed by atoms with Crippen LogP contribution in [0.4, 0.5) is 0 Å². The van der Waals surface area contributed by atoms with E-state index < -0.39 is 5.97 Å². The molecule has 1 rings (SSSR count). The lowest BCUT2D eigenvalue weighted by atomic mass is 9.96. The van der Waals surface area contributed by atoms with Crippen LogP contribution in [0.25, 0.3) is 0 Å². The Balaban J connectivity index is 3.19. The monoisotopic (exact) mass is 252 g/mol. The maximum Gasteiger partial charge on any atom is 0.303 e. The third kappa shape index (κ3) is 3.15. The lowest BCUT2D eigenvalue weighted by Gasteiger charge is -2.19. The molecule has 4 nitrogen and oxygen atoms in total. The van der Waals surface area contributed by atoms with Gasteiger partial charge in [0.2, 0.25) is 0 Å². The molecule has 4 heteroatoms. The first kappa shape index (κ1) is 14.4. The molecule has 0 aliphatic heterocycles. The lowest BCUT2D eigenvalue weighted by molar-refractivity contribution is -0.136. The molecule has 0 saturated heterocycles. The van der Waals surface area contributed by atoms with Crippen molar-refractivity contribution in [1.29, 1.82) is 0 Å². The van der Waals surface area contributed by atoms with Crippen LogP contribution >= 0.6 is 0 Å². The number of carboxylic acid groups (broad SMARTS) is 1. The van der Waals surface area contributed by atoms with Gasteiger partial charge in [0.1, 0.15) is 11.5 Å². The second kappa shape index (κ2) is 6.28. The number of methoxy groups -OCH3 is 2. The van der Waals surface area contributed by atoms with Gasteiger partial charge in [-0.15, -0.1) is 0 Å². The molecule has 0 amide bonds. The number of aryl methyl sites for hydroxylation is 1. The molecule has 0 saturated carbocycles. The van der Waals surface area contributed by atoms with Crippen molar-refractivity contribution in [3.63, 3.8) is 0 Å². The fourth-order valence-electron chi connectivity index (χ4n) is 2.03. The predicted octanol–water partition coefficient (Wildman–Crippen LogP) is 2.84. The van der Waals surface area contributed by atoms with Gasteiger partial charge in [0, 0.05) is 12.0 Å². The summed E-state index contributed by atoms with van der Waals surface area (Å²) >= 11 is 0. The smallest absolute Gasteiger partial charge is 0.303 e. The molecule has 100 valence electrons. The predicted molar refractivity (Wildman–Crippen MR) is 69.6 cm³/mol. The first-order chi connectivity index (χ1) is 8.51. The van der Waals surface area contributed by atoms with Crippen LogP contribution in [0.15, 0.2) is 12.1 Å². The van der Waals surface area contributed by atoms with Gasteiger partial charge >= 0.3 is 5.97 Å². The fourth-order valence-corrected chi connectivity index (χ4v) is 2.03. The van der Waals surface area contributed by atoms with E-state index >= 15 is 0 Å². The maximum absolute atomic E-state index is 10.6. The first-order valence-corrected chi connectivity index (χ1v) is 5.96. The third-order valence-electron chi connectivity index (χ3n) is 2.85. The number of rotatable bonds is 6. The molecule has 0 fully saturated rings. The van der Waals surface area contributed by atoms with Gasteiger partial charge in [-0.25, -0.2) is 0 Å². The minimum Gasteiger partial charge on any atom is -0.496 e. The molecule has 0 aliphatic rings. The number of hydrogen-bond acceptors (Lipinski definition) is 3. The van der Waals surface area contributed by atoms with Gasteiger partial charge in [0.05, 0.1) is 14.2 Å². The zero-order chi connectivity index (χ0) is 13.7. The van der Waals surface area contributed by atoms with Crippen LogP contribution < -0.4 is 9.47 Å².